The Morgan fingerprint density at radius 2 is 2.22 bits per heavy atom. The van der Waals surface area contributed by atoms with Gasteiger partial charge in [-0.2, -0.15) is 0 Å². The molecule has 0 aromatic heterocycles. The van der Waals surface area contributed by atoms with Crippen molar-refractivity contribution < 1.29 is 19.1 Å². The number of esters is 1. The van der Waals surface area contributed by atoms with Crippen molar-refractivity contribution >= 4 is 17.8 Å². The highest BCUT2D eigenvalue weighted by Gasteiger charge is 2.32. The van der Waals surface area contributed by atoms with E-state index in [2.05, 4.69) is 15.4 Å². The molecule has 6 heteroatoms. The Bertz CT molecular complexity index is 343. The van der Waals surface area contributed by atoms with Gasteiger partial charge in [0.15, 0.2) is 0 Å². The maximum atomic E-state index is 11.9. The van der Waals surface area contributed by atoms with Gasteiger partial charge in [0.1, 0.15) is 12.1 Å². The van der Waals surface area contributed by atoms with Crippen LogP contribution in [0.2, 0.25) is 0 Å². The van der Waals surface area contributed by atoms with Crippen LogP contribution >= 0.6 is 0 Å². The molecule has 1 rings (SSSR count). The number of ether oxygens (including phenoxy) is 1. The summed E-state index contributed by atoms with van der Waals surface area (Å²) in [4.78, 5) is 34.6. The van der Waals surface area contributed by atoms with E-state index in [1.807, 2.05) is 13.8 Å². The normalized spacial score (nSPS) is 21.9. The smallest absolute Gasteiger partial charge is 0.328 e. The Kier molecular flexibility index (Phi) is 5.12. The van der Waals surface area contributed by atoms with Gasteiger partial charge in [-0.05, 0) is 12.3 Å². The van der Waals surface area contributed by atoms with Crippen LogP contribution in [-0.4, -0.2) is 37.0 Å². The lowest BCUT2D eigenvalue weighted by Gasteiger charge is -2.23. The number of hydrogen-bond acceptors (Lipinski definition) is 4. The van der Waals surface area contributed by atoms with Gasteiger partial charge in [0.2, 0.25) is 11.8 Å². The number of hydrogen-bond donors (Lipinski definition) is 2. The molecule has 1 aliphatic heterocycles. The zero-order valence-electron chi connectivity index (χ0n) is 11.0. The van der Waals surface area contributed by atoms with Crippen molar-refractivity contribution in [2.45, 2.75) is 45.2 Å². The third-order valence-electron chi connectivity index (χ3n) is 3.28. The molecule has 1 aliphatic rings. The van der Waals surface area contributed by atoms with Crippen molar-refractivity contribution in [3.05, 3.63) is 0 Å². The number of amides is 2. The zero-order valence-corrected chi connectivity index (χ0v) is 11.0. The second-order valence-corrected chi connectivity index (χ2v) is 4.55. The Morgan fingerprint density at radius 1 is 1.56 bits per heavy atom. The van der Waals surface area contributed by atoms with Gasteiger partial charge in [-0.15, -0.1) is 0 Å². The summed E-state index contributed by atoms with van der Waals surface area (Å²) in [6, 6.07) is -1.20. The minimum Gasteiger partial charge on any atom is -0.467 e. The number of methoxy groups -OCH3 is 1. The van der Waals surface area contributed by atoms with Crippen molar-refractivity contribution in [1.82, 2.24) is 10.6 Å². The molecular formula is C12H20N2O4. The van der Waals surface area contributed by atoms with Crippen molar-refractivity contribution in [2.75, 3.05) is 7.11 Å². The summed E-state index contributed by atoms with van der Waals surface area (Å²) >= 11 is 0. The summed E-state index contributed by atoms with van der Waals surface area (Å²) in [5.74, 6) is -0.926. The predicted octanol–water partition coefficient (Wildman–Crippen LogP) is -0.0311. The molecule has 0 bridgehead atoms. The highest BCUT2D eigenvalue weighted by atomic mass is 16.5. The van der Waals surface area contributed by atoms with E-state index in [-0.39, 0.29) is 17.7 Å². The second kappa shape index (κ2) is 6.37. The van der Waals surface area contributed by atoms with Crippen LogP contribution in [-0.2, 0) is 19.1 Å². The molecule has 0 aliphatic carbocycles. The summed E-state index contributed by atoms with van der Waals surface area (Å²) < 4.78 is 4.68. The van der Waals surface area contributed by atoms with Gasteiger partial charge < -0.3 is 15.4 Å². The monoisotopic (exact) mass is 256 g/mol. The Balaban J connectivity index is 2.62. The van der Waals surface area contributed by atoms with Crippen LogP contribution in [0.15, 0.2) is 0 Å². The first-order valence-corrected chi connectivity index (χ1v) is 6.17. The first-order valence-electron chi connectivity index (χ1n) is 6.17. The molecule has 1 fully saturated rings. The average molecular weight is 256 g/mol. The second-order valence-electron chi connectivity index (χ2n) is 4.55. The lowest BCUT2D eigenvalue weighted by atomic mass is 9.99. The summed E-state index contributed by atoms with van der Waals surface area (Å²) in [5.41, 5.74) is 0. The van der Waals surface area contributed by atoms with Gasteiger partial charge in [-0.1, -0.05) is 20.3 Å². The maximum Gasteiger partial charge on any atom is 0.328 e. The topological polar surface area (TPSA) is 84.5 Å². The van der Waals surface area contributed by atoms with E-state index in [4.69, 9.17) is 0 Å². The molecule has 1 heterocycles. The molecule has 0 spiro atoms. The van der Waals surface area contributed by atoms with Crippen LogP contribution in [0.4, 0.5) is 0 Å². The average Bonchev–Trinajstić information content (AvgIpc) is 2.80. The molecule has 0 radical (unpaired) electrons. The molecule has 0 unspecified atom stereocenters. The fraction of sp³-hybridized carbons (Fsp3) is 0.750. The number of carbonyl (C=O) groups excluding carboxylic acids is 3. The van der Waals surface area contributed by atoms with Crippen LogP contribution in [0, 0.1) is 5.92 Å². The largest absolute Gasteiger partial charge is 0.467 e. The van der Waals surface area contributed by atoms with Gasteiger partial charge in [-0.25, -0.2) is 4.79 Å². The zero-order chi connectivity index (χ0) is 13.7. The van der Waals surface area contributed by atoms with Gasteiger partial charge >= 0.3 is 5.97 Å². The van der Waals surface area contributed by atoms with Crippen LogP contribution in [0.3, 0.4) is 0 Å². The van der Waals surface area contributed by atoms with Gasteiger partial charge in [0.25, 0.3) is 0 Å². The molecule has 2 amide bonds. The molecule has 18 heavy (non-hydrogen) atoms. The first kappa shape index (κ1) is 14.5. The van der Waals surface area contributed by atoms with Gasteiger partial charge in [0.05, 0.1) is 7.11 Å². The van der Waals surface area contributed by atoms with Crippen molar-refractivity contribution in [2.24, 2.45) is 5.92 Å². The molecule has 3 atom stereocenters. The van der Waals surface area contributed by atoms with Crippen molar-refractivity contribution in [3.8, 4) is 0 Å². The summed E-state index contributed by atoms with van der Waals surface area (Å²) in [5, 5.41) is 5.22. The molecule has 6 nitrogen and oxygen atoms in total. The van der Waals surface area contributed by atoms with E-state index in [0.717, 1.165) is 6.42 Å². The van der Waals surface area contributed by atoms with E-state index in [1.165, 1.54) is 7.11 Å². The van der Waals surface area contributed by atoms with Gasteiger partial charge in [-0.3, -0.25) is 9.59 Å². The Hall–Kier alpha value is -1.59. The van der Waals surface area contributed by atoms with E-state index in [1.54, 1.807) is 0 Å². The van der Waals surface area contributed by atoms with Crippen molar-refractivity contribution in [1.29, 1.82) is 0 Å². The summed E-state index contributed by atoms with van der Waals surface area (Å²) in [6.07, 6.45) is 1.57. The SMILES string of the molecule is CC[C@H](C)[C@H](NC(=O)[C@@H]1CCC(=O)N1)C(=O)OC. The van der Waals surface area contributed by atoms with Crippen LogP contribution in [0.1, 0.15) is 33.1 Å². The maximum absolute atomic E-state index is 11.9. The molecule has 0 aromatic rings. The lowest BCUT2D eigenvalue weighted by molar-refractivity contribution is -0.146. The third kappa shape index (κ3) is 3.45. The van der Waals surface area contributed by atoms with Crippen molar-refractivity contribution in [3.63, 3.8) is 0 Å². The fourth-order valence-corrected chi connectivity index (χ4v) is 1.86. The number of nitrogens with one attached hydrogen (secondary N) is 2. The van der Waals surface area contributed by atoms with Crippen LogP contribution in [0.5, 0.6) is 0 Å². The van der Waals surface area contributed by atoms with E-state index >= 15 is 0 Å². The standard InChI is InChI=1S/C12H20N2O4/c1-4-7(2)10(12(17)18-3)14-11(16)8-5-6-9(15)13-8/h7-8,10H,4-6H2,1-3H3,(H,13,15)(H,14,16)/t7-,8-,10-/m0/s1. The molecule has 0 aromatic carbocycles. The van der Waals surface area contributed by atoms with Crippen LogP contribution in [0.25, 0.3) is 0 Å². The number of carbonyl (C=O) groups is 3. The highest BCUT2D eigenvalue weighted by Crippen LogP contribution is 2.12. The Morgan fingerprint density at radius 3 is 2.67 bits per heavy atom. The Labute approximate surface area is 106 Å². The fourth-order valence-electron chi connectivity index (χ4n) is 1.86. The lowest BCUT2D eigenvalue weighted by Crippen LogP contribution is -2.51. The van der Waals surface area contributed by atoms with Crippen LogP contribution < -0.4 is 10.6 Å². The molecule has 0 saturated carbocycles. The quantitative estimate of drug-likeness (QED) is 0.676. The van der Waals surface area contributed by atoms with E-state index in [0.29, 0.717) is 12.8 Å². The minimum atomic E-state index is -0.662. The minimum absolute atomic E-state index is 0.0153. The molecular weight excluding hydrogens is 236 g/mol. The molecule has 102 valence electrons. The summed E-state index contributed by atoms with van der Waals surface area (Å²) in [6.45, 7) is 3.80. The number of rotatable bonds is 5. The molecule has 2 N–H and O–H groups in total. The van der Waals surface area contributed by atoms with E-state index in [9.17, 15) is 14.4 Å². The van der Waals surface area contributed by atoms with Gasteiger partial charge in [0, 0.05) is 6.42 Å². The molecule has 1 saturated heterocycles. The third-order valence-corrected chi connectivity index (χ3v) is 3.28. The first-order chi connectivity index (χ1) is 8.49. The highest BCUT2D eigenvalue weighted by molar-refractivity contribution is 5.93. The van der Waals surface area contributed by atoms with E-state index < -0.39 is 18.1 Å². The predicted molar refractivity (Wildman–Crippen MR) is 64.6 cm³/mol. The summed E-state index contributed by atoms with van der Waals surface area (Å²) in [7, 11) is 1.29.